The fraction of sp³-hybridized carbons (Fsp3) is 0.417. The van der Waals surface area contributed by atoms with Gasteiger partial charge in [0, 0.05) is 26.4 Å². The molecule has 0 saturated heterocycles. The lowest BCUT2D eigenvalue weighted by atomic mass is 10.1. The van der Waals surface area contributed by atoms with Gasteiger partial charge in [-0.05, 0) is 51.0 Å². The Labute approximate surface area is 203 Å². The van der Waals surface area contributed by atoms with Crippen molar-refractivity contribution in [1.82, 2.24) is 14.9 Å². The zero-order valence-corrected chi connectivity index (χ0v) is 21.3. The van der Waals surface area contributed by atoms with Gasteiger partial charge in [-0.25, -0.2) is 9.78 Å². The summed E-state index contributed by atoms with van der Waals surface area (Å²) in [5, 5.41) is 3.65. The standard InChI is InChI=1S/C24H30N4O5S/c1-14-18-21(32-7)26-17(13-31-6)27-22(18)34-19(14)20(29)25-16-10-8-9-15(11-16)12-28(5)23(30)33-24(2,3)4/h8-11H,12-13H2,1-7H3,(H,25,29). The van der Waals surface area contributed by atoms with Crippen LogP contribution in [0.15, 0.2) is 24.3 Å². The van der Waals surface area contributed by atoms with Gasteiger partial charge >= 0.3 is 6.09 Å². The number of fused-ring (bicyclic) bond motifs is 1. The minimum absolute atomic E-state index is 0.245. The second kappa shape index (κ2) is 10.4. The van der Waals surface area contributed by atoms with Crippen LogP contribution in [0.3, 0.4) is 0 Å². The van der Waals surface area contributed by atoms with Gasteiger partial charge in [0.25, 0.3) is 5.91 Å². The highest BCUT2D eigenvalue weighted by Gasteiger charge is 2.22. The van der Waals surface area contributed by atoms with E-state index < -0.39 is 11.7 Å². The fourth-order valence-corrected chi connectivity index (χ4v) is 4.40. The van der Waals surface area contributed by atoms with Crippen molar-refractivity contribution in [3.8, 4) is 5.88 Å². The molecule has 1 aromatic carbocycles. The Morgan fingerprint density at radius 3 is 2.56 bits per heavy atom. The maximum absolute atomic E-state index is 13.1. The van der Waals surface area contributed by atoms with Crippen molar-refractivity contribution in [1.29, 1.82) is 0 Å². The van der Waals surface area contributed by atoms with E-state index in [0.29, 0.717) is 39.0 Å². The Bertz CT molecular complexity index is 1200. The molecule has 2 amide bonds. The van der Waals surface area contributed by atoms with Crippen molar-refractivity contribution >= 4 is 39.2 Å². The summed E-state index contributed by atoms with van der Waals surface area (Å²) in [4.78, 5) is 36.9. The summed E-state index contributed by atoms with van der Waals surface area (Å²) in [5.41, 5.74) is 1.66. The highest BCUT2D eigenvalue weighted by molar-refractivity contribution is 7.20. The van der Waals surface area contributed by atoms with E-state index in [0.717, 1.165) is 11.1 Å². The molecule has 0 aliphatic carbocycles. The first-order chi connectivity index (χ1) is 16.0. The van der Waals surface area contributed by atoms with Crippen LogP contribution in [-0.4, -0.2) is 53.7 Å². The average Bonchev–Trinajstić information content (AvgIpc) is 3.09. The van der Waals surface area contributed by atoms with Crippen molar-refractivity contribution < 1.29 is 23.8 Å². The molecule has 0 fully saturated rings. The van der Waals surface area contributed by atoms with Crippen LogP contribution in [0.25, 0.3) is 10.2 Å². The van der Waals surface area contributed by atoms with E-state index in [1.807, 2.05) is 45.9 Å². The van der Waals surface area contributed by atoms with E-state index in [9.17, 15) is 9.59 Å². The molecule has 3 aromatic rings. The van der Waals surface area contributed by atoms with Crippen LogP contribution >= 0.6 is 11.3 Å². The number of methoxy groups -OCH3 is 2. The van der Waals surface area contributed by atoms with E-state index in [4.69, 9.17) is 14.2 Å². The second-order valence-corrected chi connectivity index (χ2v) is 9.81. The summed E-state index contributed by atoms with van der Waals surface area (Å²) in [6.45, 7) is 7.91. The highest BCUT2D eigenvalue weighted by Crippen LogP contribution is 2.35. The number of anilines is 1. The Hall–Kier alpha value is -3.24. The number of hydrogen-bond acceptors (Lipinski definition) is 8. The van der Waals surface area contributed by atoms with Crippen LogP contribution in [0.5, 0.6) is 5.88 Å². The van der Waals surface area contributed by atoms with Crippen molar-refractivity contribution in [3.05, 3.63) is 46.1 Å². The lowest BCUT2D eigenvalue weighted by Crippen LogP contribution is -2.33. The summed E-state index contributed by atoms with van der Waals surface area (Å²) >= 11 is 1.28. The molecule has 9 nitrogen and oxygen atoms in total. The Morgan fingerprint density at radius 1 is 1.18 bits per heavy atom. The van der Waals surface area contributed by atoms with Crippen LogP contribution in [0, 0.1) is 6.92 Å². The maximum Gasteiger partial charge on any atom is 0.410 e. The van der Waals surface area contributed by atoms with E-state index >= 15 is 0 Å². The lowest BCUT2D eigenvalue weighted by Gasteiger charge is -2.24. The first-order valence-electron chi connectivity index (χ1n) is 10.7. The van der Waals surface area contributed by atoms with Gasteiger partial charge in [0.1, 0.15) is 17.0 Å². The molecule has 182 valence electrons. The fourth-order valence-electron chi connectivity index (χ4n) is 3.32. The third-order valence-corrected chi connectivity index (χ3v) is 5.97. The number of nitrogens with zero attached hydrogens (tertiary/aromatic N) is 3. The van der Waals surface area contributed by atoms with E-state index in [-0.39, 0.29) is 12.5 Å². The van der Waals surface area contributed by atoms with Gasteiger partial charge in [-0.2, -0.15) is 4.98 Å². The van der Waals surface area contributed by atoms with Gasteiger partial charge in [0.2, 0.25) is 5.88 Å². The van der Waals surface area contributed by atoms with Gasteiger partial charge in [0.05, 0.1) is 17.4 Å². The van der Waals surface area contributed by atoms with Gasteiger partial charge in [-0.15, -0.1) is 11.3 Å². The summed E-state index contributed by atoms with van der Waals surface area (Å²) in [7, 11) is 4.78. The third-order valence-electron chi connectivity index (χ3n) is 4.79. The van der Waals surface area contributed by atoms with E-state index in [1.54, 1.807) is 20.2 Å². The number of thiophene rings is 1. The molecule has 0 saturated carbocycles. The molecule has 2 aromatic heterocycles. The van der Waals surface area contributed by atoms with Gasteiger partial charge in [-0.1, -0.05) is 12.1 Å². The van der Waals surface area contributed by atoms with Gasteiger partial charge in [0.15, 0.2) is 5.82 Å². The minimum Gasteiger partial charge on any atom is -0.480 e. The predicted molar refractivity (Wildman–Crippen MR) is 132 cm³/mol. The molecule has 10 heteroatoms. The monoisotopic (exact) mass is 486 g/mol. The average molecular weight is 487 g/mol. The zero-order valence-electron chi connectivity index (χ0n) is 20.5. The summed E-state index contributed by atoms with van der Waals surface area (Å²) in [5.74, 6) is 0.646. The molecule has 2 heterocycles. The first-order valence-corrected chi connectivity index (χ1v) is 11.5. The molecule has 0 atom stereocenters. The van der Waals surface area contributed by atoms with Crippen LogP contribution in [-0.2, 0) is 22.6 Å². The lowest BCUT2D eigenvalue weighted by molar-refractivity contribution is 0.0285. The molecule has 0 bridgehead atoms. The largest absolute Gasteiger partial charge is 0.480 e. The Balaban J connectivity index is 1.79. The molecule has 1 N–H and O–H groups in total. The first kappa shape index (κ1) is 25.4. The molecule has 34 heavy (non-hydrogen) atoms. The van der Waals surface area contributed by atoms with Gasteiger partial charge < -0.3 is 24.4 Å². The number of hydrogen-bond donors (Lipinski definition) is 1. The van der Waals surface area contributed by atoms with Gasteiger partial charge in [-0.3, -0.25) is 4.79 Å². The Kier molecular flexibility index (Phi) is 7.73. The number of aryl methyl sites for hydroxylation is 1. The minimum atomic E-state index is -0.569. The summed E-state index contributed by atoms with van der Waals surface area (Å²) < 4.78 is 16.0. The van der Waals surface area contributed by atoms with E-state index in [2.05, 4.69) is 15.3 Å². The highest BCUT2D eigenvalue weighted by atomic mass is 32.1. The van der Waals surface area contributed by atoms with Crippen molar-refractivity contribution in [3.63, 3.8) is 0 Å². The molecule has 0 aliphatic rings. The second-order valence-electron chi connectivity index (χ2n) is 8.81. The van der Waals surface area contributed by atoms with Crippen molar-refractivity contribution in [2.24, 2.45) is 0 Å². The number of aromatic nitrogens is 2. The van der Waals surface area contributed by atoms with Crippen molar-refractivity contribution in [2.45, 2.75) is 46.4 Å². The number of benzene rings is 1. The van der Waals surface area contributed by atoms with Crippen molar-refractivity contribution in [2.75, 3.05) is 26.6 Å². The normalized spacial score (nSPS) is 11.4. The molecule has 3 rings (SSSR count). The van der Waals surface area contributed by atoms with Crippen LogP contribution in [0.4, 0.5) is 10.5 Å². The quantitative estimate of drug-likeness (QED) is 0.513. The number of ether oxygens (including phenoxy) is 3. The topological polar surface area (TPSA) is 103 Å². The molecule has 0 aliphatic heterocycles. The predicted octanol–water partition coefficient (Wildman–Crippen LogP) is 4.77. The third kappa shape index (κ3) is 6.00. The molecular formula is C24H30N4O5S. The van der Waals surface area contributed by atoms with Crippen LogP contribution in [0.2, 0.25) is 0 Å². The molecule has 0 spiro atoms. The summed E-state index contributed by atoms with van der Waals surface area (Å²) in [6, 6.07) is 7.35. The number of carbonyl (C=O) groups excluding carboxylic acids is 2. The number of rotatable bonds is 7. The summed E-state index contributed by atoms with van der Waals surface area (Å²) in [6.07, 6.45) is -0.411. The maximum atomic E-state index is 13.1. The van der Waals surface area contributed by atoms with Crippen LogP contribution < -0.4 is 10.1 Å². The molecule has 0 unspecified atom stereocenters. The van der Waals surface area contributed by atoms with E-state index in [1.165, 1.54) is 23.3 Å². The molecular weight excluding hydrogens is 456 g/mol. The number of nitrogens with one attached hydrogen (secondary N) is 1. The molecule has 0 radical (unpaired) electrons. The number of carbonyl (C=O) groups is 2. The Morgan fingerprint density at radius 2 is 1.91 bits per heavy atom. The van der Waals surface area contributed by atoms with Crippen LogP contribution in [0.1, 0.15) is 47.4 Å². The zero-order chi connectivity index (χ0) is 25.0. The number of amides is 2. The smallest absolute Gasteiger partial charge is 0.410 e. The SMILES string of the molecule is COCc1nc(OC)c2c(C)c(C(=O)Nc3cccc(CN(C)C(=O)OC(C)(C)C)c3)sc2n1.